The third-order valence-corrected chi connectivity index (χ3v) is 6.71. The average molecular weight is 558 g/mol. The van der Waals surface area contributed by atoms with Gasteiger partial charge in [0.15, 0.2) is 0 Å². The van der Waals surface area contributed by atoms with Crippen LogP contribution in [-0.2, 0) is 19.9 Å². The normalized spacial score (nSPS) is 12.9. The van der Waals surface area contributed by atoms with Crippen molar-refractivity contribution < 1.29 is 27.6 Å². The fourth-order valence-corrected chi connectivity index (χ4v) is 4.32. The number of carbonyl (C=O) groups excluding carboxylic acids is 3. The third kappa shape index (κ3) is 7.26. The van der Waals surface area contributed by atoms with Gasteiger partial charge in [-0.3, -0.25) is 14.4 Å². The fraction of sp³-hybridized carbons (Fsp3) is 0.346. The number of carbonyl (C=O) groups is 3. The molecule has 1 unspecified atom stereocenters. The van der Waals surface area contributed by atoms with E-state index in [0.29, 0.717) is 11.3 Å². The number of amides is 3. The van der Waals surface area contributed by atoms with E-state index in [1.54, 1.807) is 43.3 Å². The smallest absolute Gasteiger partial charge is 0.343 e. The van der Waals surface area contributed by atoms with E-state index < -0.39 is 35.9 Å². The molecule has 0 heterocycles. The van der Waals surface area contributed by atoms with Crippen LogP contribution >= 0.6 is 23.2 Å². The molecule has 2 aromatic rings. The molecule has 2 rings (SSSR count). The highest BCUT2D eigenvalue weighted by molar-refractivity contribution is 6.42. The molecule has 0 aliphatic heterocycles. The maximum atomic E-state index is 13.6. The Hall–Kier alpha value is -3.04. The molecule has 3 amide bonds. The van der Waals surface area contributed by atoms with Crippen LogP contribution in [0.4, 0.5) is 18.9 Å². The van der Waals surface area contributed by atoms with Crippen molar-refractivity contribution >= 4 is 46.6 Å². The second-order valence-corrected chi connectivity index (χ2v) is 9.26. The lowest BCUT2D eigenvalue weighted by molar-refractivity contribution is -0.162. The van der Waals surface area contributed by atoms with E-state index in [0.717, 1.165) is 9.80 Å². The van der Waals surface area contributed by atoms with E-state index in [-0.39, 0.29) is 29.6 Å². The zero-order chi connectivity index (χ0) is 28.0. The first-order valence-electron chi connectivity index (χ1n) is 11.3. The minimum Gasteiger partial charge on any atom is -0.343 e. The number of anilines is 1. The maximum Gasteiger partial charge on any atom is 0.397 e. The summed E-state index contributed by atoms with van der Waals surface area (Å²) in [6, 6.07) is 13.0. The highest BCUT2D eigenvalue weighted by Crippen LogP contribution is 2.37. The number of alkyl halides is 3. The Balaban J connectivity index is 2.59. The molecule has 0 aliphatic rings. The number of hydrogen-bond donors (Lipinski definition) is 0. The lowest BCUT2D eigenvalue weighted by Crippen LogP contribution is -2.57. The Kier molecular flexibility index (Phi) is 10.2. The molecule has 0 aliphatic carbocycles. The van der Waals surface area contributed by atoms with E-state index in [9.17, 15) is 27.6 Å². The SMILES string of the molecule is C=CCC(CN(C)C(=O)CC(F)(F)F)(c1ccc(Cl)c(Cl)c1)N(C)C(=O)C(=O)N(CC)c1ccccc1. The Morgan fingerprint density at radius 1 is 0.973 bits per heavy atom. The highest BCUT2D eigenvalue weighted by atomic mass is 35.5. The summed E-state index contributed by atoms with van der Waals surface area (Å²) in [6.45, 7) is 5.25. The van der Waals surface area contributed by atoms with Gasteiger partial charge in [-0.1, -0.05) is 53.5 Å². The predicted molar refractivity (Wildman–Crippen MR) is 139 cm³/mol. The van der Waals surface area contributed by atoms with Gasteiger partial charge in [-0.25, -0.2) is 0 Å². The summed E-state index contributed by atoms with van der Waals surface area (Å²) in [5.74, 6) is -2.99. The van der Waals surface area contributed by atoms with Crippen molar-refractivity contribution in [3.63, 3.8) is 0 Å². The molecule has 0 saturated carbocycles. The summed E-state index contributed by atoms with van der Waals surface area (Å²) in [5.41, 5.74) is -0.632. The molecule has 0 spiro atoms. The Labute approximate surface area is 224 Å². The monoisotopic (exact) mass is 557 g/mol. The first-order chi connectivity index (χ1) is 17.3. The highest BCUT2D eigenvalue weighted by Gasteiger charge is 2.44. The molecule has 0 aromatic heterocycles. The van der Waals surface area contributed by atoms with Crippen molar-refractivity contribution in [2.45, 2.75) is 31.5 Å². The third-order valence-electron chi connectivity index (χ3n) is 5.97. The van der Waals surface area contributed by atoms with Crippen molar-refractivity contribution in [3.8, 4) is 0 Å². The van der Waals surface area contributed by atoms with Gasteiger partial charge in [-0.15, -0.1) is 6.58 Å². The Morgan fingerprint density at radius 2 is 1.59 bits per heavy atom. The van der Waals surface area contributed by atoms with Crippen molar-refractivity contribution in [3.05, 3.63) is 76.8 Å². The molecule has 11 heteroatoms. The van der Waals surface area contributed by atoms with Gasteiger partial charge in [-0.2, -0.15) is 13.2 Å². The van der Waals surface area contributed by atoms with Crippen LogP contribution in [0.25, 0.3) is 0 Å². The van der Waals surface area contributed by atoms with Gasteiger partial charge in [0.05, 0.1) is 15.6 Å². The van der Waals surface area contributed by atoms with E-state index in [1.807, 2.05) is 0 Å². The topological polar surface area (TPSA) is 60.9 Å². The van der Waals surface area contributed by atoms with Gasteiger partial charge in [0.1, 0.15) is 6.42 Å². The fourth-order valence-electron chi connectivity index (χ4n) is 4.03. The lowest BCUT2D eigenvalue weighted by atomic mass is 9.84. The number of likely N-dealkylation sites (N-methyl/N-ethyl adjacent to an activating group) is 3. The van der Waals surface area contributed by atoms with Crippen molar-refractivity contribution in [2.24, 2.45) is 0 Å². The second kappa shape index (κ2) is 12.5. The molecule has 0 bridgehead atoms. The standard InChI is InChI=1S/C26H28Cl2F3N3O3/c1-5-14-25(18-12-13-20(27)21(28)15-18,17-32(3)22(35)16-26(29,30)31)33(4)23(36)24(37)34(6-2)19-10-8-7-9-11-19/h5,7-13,15H,1,6,14,16-17H2,2-4H3. The molecule has 0 saturated heterocycles. The van der Waals surface area contributed by atoms with E-state index >= 15 is 0 Å². The Morgan fingerprint density at radius 3 is 2.11 bits per heavy atom. The Bertz CT molecular complexity index is 1140. The molecule has 0 radical (unpaired) electrons. The molecule has 37 heavy (non-hydrogen) atoms. The number of halogens is 5. The van der Waals surface area contributed by atoms with Crippen molar-refractivity contribution in [2.75, 3.05) is 32.1 Å². The first-order valence-corrected chi connectivity index (χ1v) is 12.0. The van der Waals surface area contributed by atoms with E-state index in [1.165, 1.54) is 37.2 Å². The minimum absolute atomic E-state index is 0.0123. The lowest BCUT2D eigenvalue weighted by Gasteiger charge is -2.44. The summed E-state index contributed by atoms with van der Waals surface area (Å²) < 4.78 is 38.8. The molecular weight excluding hydrogens is 530 g/mol. The average Bonchev–Trinajstić information content (AvgIpc) is 2.84. The molecule has 0 N–H and O–H groups in total. The maximum absolute atomic E-state index is 13.6. The van der Waals surface area contributed by atoms with Crippen LogP contribution in [0.2, 0.25) is 10.0 Å². The zero-order valence-corrected chi connectivity index (χ0v) is 22.2. The summed E-state index contributed by atoms with van der Waals surface area (Å²) >= 11 is 12.3. The number of hydrogen-bond acceptors (Lipinski definition) is 3. The van der Waals surface area contributed by atoms with Gasteiger partial charge >= 0.3 is 18.0 Å². The summed E-state index contributed by atoms with van der Waals surface area (Å²) in [4.78, 5) is 42.7. The number of para-hydroxylation sites is 1. The van der Waals surface area contributed by atoms with Crippen LogP contribution in [0, 0.1) is 0 Å². The van der Waals surface area contributed by atoms with E-state index in [2.05, 4.69) is 6.58 Å². The van der Waals surface area contributed by atoms with E-state index in [4.69, 9.17) is 23.2 Å². The predicted octanol–water partition coefficient (Wildman–Crippen LogP) is 5.69. The van der Waals surface area contributed by atoms with Crippen LogP contribution in [0.15, 0.2) is 61.2 Å². The van der Waals surface area contributed by atoms with Crippen LogP contribution in [0.1, 0.15) is 25.3 Å². The number of benzene rings is 2. The van der Waals surface area contributed by atoms with Gasteiger partial charge in [0.2, 0.25) is 5.91 Å². The van der Waals surface area contributed by atoms with Crippen LogP contribution in [0.5, 0.6) is 0 Å². The van der Waals surface area contributed by atoms with Gasteiger partial charge in [0.25, 0.3) is 0 Å². The molecule has 2 aromatic carbocycles. The number of nitrogens with zero attached hydrogens (tertiary/aromatic N) is 3. The quantitative estimate of drug-likeness (QED) is 0.294. The molecule has 1 atom stereocenters. The number of rotatable bonds is 9. The van der Waals surface area contributed by atoms with Crippen molar-refractivity contribution in [1.82, 2.24) is 9.80 Å². The molecule has 0 fully saturated rings. The molecular formula is C26H28Cl2F3N3O3. The first kappa shape index (κ1) is 30.2. The summed E-state index contributed by atoms with van der Waals surface area (Å²) in [6.07, 6.45) is -4.95. The van der Waals surface area contributed by atoms with Crippen LogP contribution < -0.4 is 4.90 Å². The molecule has 6 nitrogen and oxygen atoms in total. The minimum atomic E-state index is -4.72. The zero-order valence-electron chi connectivity index (χ0n) is 20.7. The van der Waals surface area contributed by atoms with Crippen LogP contribution in [-0.4, -0.2) is 60.9 Å². The summed E-state index contributed by atoms with van der Waals surface area (Å²) in [7, 11) is 2.55. The second-order valence-electron chi connectivity index (χ2n) is 8.44. The van der Waals surface area contributed by atoms with Gasteiger partial charge < -0.3 is 14.7 Å². The van der Waals surface area contributed by atoms with Gasteiger partial charge in [0, 0.05) is 32.9 Å². The van der Waals surface area contributed by atoms with Crippen LogP contribution in [0.3, 0.4) is 0 Å². The molecule has 200 valence electrons. The summed E-state index contributed by atoms with van der Waals surface area (Å²) in [5, 5.41) is 0.342. The van der Waals surface area contributed by atoms with Crippen molar-refractivity contribution in [1.29, 1.82) is 0 Å². The largest absolute Gasteiger partial charge is 0.397 e. The van der Waals surface area contributed by atoms with Gasteiger partial charge in [-0.05, 0) is 43.2 Å².